The van der Waals surface area contributed by atoms with E-state index >= 15 is 0 Å². The summed E-state index contributed by atoms with van der Waals surface area (Å²) in [6, 6.07) is 4.80. The first-order chi connectivity index (χ1) is 9.37. The molecule has 1 saturated heterocycles. The van der Waals surface area contributed by atoms with E-state index in [0.717, 1.165) is 6.42 Å². The van der Waals surface area contributed by atoms with E-state index in [1.54, 1.807) is 6.07 Å². The van der Waals surface area contributed by atoms with Gasteiger partial charge >= 0.3 is 0 Å². The maximum Gasteiger partial charge on any atom is 0.246 e. The van der Waals surface area contributed by atoms with E-state index in [2.05, 4.69) is 18.8 Å². The van der Waals surface area contributed by atoms with Crippen molar-refractivity contribution in [3.8, 4) is 6.07 Å². The van der Waals surface area contributed by atoms with Crippen molar-refractivity contribution in [1.82, 2.24) is 9.29 Å². The lowest BCUT2D eigenvalue weighted by Gasteiger charge is -2.39. The molecule has 2 rings (SSSR count). The van der Waals surface area contributed by atoms with Crippen LogP contribution in [0, 0.1) is 23.2 Å². The SMILES string of the molecule is CC1CC(C)C(C)N(S(=O)(=O)c2cccnc2C#N)C1. The van der Waals surface area contributed by atoms with Crippen molar-refractivity contribution in [1.29, 1.82) is 5.26 Å². The van der Waals surface area contributed by atoms with Gasteiger partial charge in [0.2, 0.25) is 10.0 Å². The predicted octanol–water partition coefficient (Wildman–Crippen LogP) is 2.01. The molecule has 0 N–H and O–H groups in total. The van der Waals surface area contributed by atoms with Gasteiger partial charge in [-0.2, -0.15) is 9.57 Å². The average molecular weight is 293 g/mol. The molecule has 3 atom stereocenters. The van der Waals surface area contributed by atoms with Gasteiger partial charge in [-0.3, -0.25) is 0 Å². The van der Waals surface area contributed by atoms with Gasteiger partial charge in [-0.25, -0.2) is 13.4 Å². The maximum absolute atomic E-state index is 12.8. The van der Waals surface area contributed by atoms with E-state index in [1.165, 1.54) is 16.6 Å². The second-order valence-electron chi connectivity index (χ2n) is 5.60. The van der Waals surface area contributed by atoms with Gasteiger partial charge in [0.25, 0.3) is 0 Å². The van der Waals surface area contributed by atoms with Crippen LogP contribution in [0.15, 0.2) is 23.2 Å². The minimum atomic E-state index is -3.67. The van der Waals surface area contributed by atoms with Crippen LogP contribution in [0.3, 0.4) is 0 Å². The lowest BCUT2D eigenvalue weighted by atomic mass is 9.88. The van der Waals surface area contributed by atoms with Crippen LogP contribution in [-0.2, 0) is 10.0 Å². The average Bonchev–Trinajstić information content (AvgIpc) is 2.42. The predicted molar refractivity (Wildman–Crippen MR) is 75.3 cm³/mol. The minimum Gasteiger partial charge on any atom is -0.244 e. The van der Waals surface area contributed by atoms with Crippen LogP contribution in [0.25, 0.3) is 0 Å². The molecule has 0 saturated carbocycles. The zero-order valence-corrected chi connectivity index (χ0v) is 12.8. The Kier molecular flexibility index (Phi) is 4.11. The lowest BCUT2D eigenvalue weighted by molar-refractivity contribution is 0.157. The molecule has 2 heterocycles. The van der Waals surface area contributed by atoms with E-state index in [4.69, 9.17) is 5.26 Å². The number of pyridine rings is 1. The third-order valence-corrected chi connectivity index (χ3v) is 5.99. The van der Waals surface area contributed by atoms with Crippen molar-refractivity contribution in [3.05, 3.63) is 24.0 Å². The highest BCUT2D eigenvalue weighted by Gasteiger charge is 2.38. The highest BCUT2D eigenvalue weighted by molar-refractivity contribution is 7.89. The topological polar surface area (TPSA) is 74.1 Å². The van der Waals surface area contributed by atoms with Crippen LogP contribution in [0.1, 0.15) is 32.9 Å². The molecule has 6 heteroatoms. The molecule has 20 heavy (non-hydrogen) atoms. The summed E-state index contributed by atoms with van der Waals surface area (Å²) >= 11 is 0. The van der Waals surface area contributed by atoms with Crippen LogP contribution in [0.4, 0.5) is 0 Å². The molecular formula is C14H19N3O2S. The first-order valence-electron chi connectivity index (χ1n) is 6.75. The normalized spacial score (nSPS) is 28.0. The first-order valence-corrected chi connectivity index (χ1v) is 8.19. The number of rotatable bonds is 2. The fraction of sp³-hybridized carbons (Fsp3) is 0.571. The molecule has 0 aliphatic carbocycles. The van der Waals surface area contributed by atoms with Crippen molar-refractivity contribution in [2.24, 2.45) is 11.8 Å². The summed E-state index contributed by atoms with van der Waals surface area (Å²) in [5.41, 5.74) is -0.0365. The van der Waals surface area contributed by atoms with E-state index in [-0.39, 0.29) is 16.6 Å². The lowest BCUT2D eigenvalue weighted by Crippen LogP contribution is -2.48. The number of piperidine rings is 1. The molecule has 1 fully saturated rings. The van der Waals surface area contributed by atoms with Gasteiger partial charge in [-0.1, -0.05) is 13.8 Å². The molecule has 5 nitrogen and oxygen atoms in total. The molecular weight excluding hydrogens is 274 g/mol. The van der Waals surface area contributed by atoms with Gasteiger partial charge in [-0.15, -0.1) is 0 Å². The zero-order valence-electron chi connectivity index (χ0n) is 11.9. The van der Waals surface area contributed by atoms with Crippen molar-refractivity contribution in [2.75, 3.05) is 6.54 Å². The highest BCUT2D eigenvalue weighted by atomic mass is 32.2. The Morgan fingerprint density at radius 2 is 2.10 bits per heavy atom. The molecule has 108 valence electrons. The van der Waals surface area contributed by atoms with Gasteiger partial charge < -0.3 is 0 Å². The van der Waals surface area contributed by atoms with Crippen molar-refractivity contribution < 1.29 is 8.42 Å². The number of nitriles is 1. The molecule has 1 aromatic heterocycles. The fourth-order valence-corrected chi connectivity index (χ4v) is 4.73. The summed E-state index contributed by atoms with van der Waals surface area (Å²) in [7, 11) is -3.67. The molecule has 1 aromatic rings. The Labute approximate surface area is 120 Å². The highest BCUT2D eigenvalue weighted by Crippen LogP contribution is 2.32. The van der Waals surface area contributed by atoms with Gasteiger partial charge in [-0.05, 0) is 37.3 Å². The third kappa shape index (κ3) is 2.56. The monoisotopic (exact) mass is 293 g/mol. The molecule has 1 aliphatic rings. The molecule has 0 spiro atoms. The number of aromatic nitrogens is 1. The second kappa shape index (κ2) is 5.51. The second-order valence-corrected chi connectivity index (χ2v) is 7.45. The first kappa shape index (κ1) is 14.9. The van der Waals surface area contributed by atoms with Crippen LogP contribution < -0.4 is 0 Å². The van der Waals surface area contributed by atoms with Crippen molar-refractivity contribution >= 4 is 10.0 Å². The van der Waals surface area contributed by atoms with E-state index in [9.17, 15) is 8.42 Å². The quantitative estimate of drug-likeness (QED) is 0.836. The maximum atomic E-state index is 12.8. The summed E-state index contributed by atoms with van der Waals surface area (Å²) in [6.45, 7) is 6.54. The molecule has 0 radical (unpaired) electrons. The number of hydrogen-bond donors (Lipinski definition) is 0. The molecule has 0 aromatic carbocycles. The molecule has 0 bridgehead atoms. The van der Waals surface area contributed by atoms with Crippen LogP contribution in [0.2, 0.25) is 0 Å². The Balaban J connectivity index is 2.47. The van der Waals surface area contributed by atoms with E-state index < -0.39 is 10.0 Å². The summed E-state index contributed by atoms with van der Waals surface area (Å²) in [5, 5.41) is 9.05. The Morgan fingerprint density at radius 3 is 2.75 bits per heavy atom. The van der Waals surface area contributed by atoms with Crippen LogP contribution in [0.5, 0.6) is 0 Å². The summed E-state index contributed by atoms with van der Waals surface area (Å²) < 4.78 is 27.1. The molecule has 1 aliphatic heterocycles. The number of nitrogens with zero attached hydrogens (tertiary/aromatic N) is 3. The summed E-state index contributed by atoms with van der Waals surface area (Å²) in [6.07, 6.45) is 2.45. The molecule has 0 amide bonds. The van der Waals surface area contributed by atoms with Gasteiger partial charge in [0.1, 0.15) is 11.0 Å². The molecule has 3 unspecified atom stereocenters. The van der Waals surface area contributed by atoms with E-state index in [1.807, 2.05) is 13.0 Å². The Hall–Kier alpha value is -1.45. The number of sulfonamides is 1. The van der Waals surface area contributed by atoms with Crippen molar-refractivity contribution in [3.63, 3.8) is 0 Å². The third-order valence-electron chi connectivity index (χ3n) is 4.01. The van der Waals surface area contributed by atoms with Crippen LogP contribution >= 0.6 is 0 Å². The van der Waals surface area contributed by atoms with Gasteiger partial charge in [0.05, 0.1) is 0 Å². The van der Waals surface area contributed by atoms with Gasteiger partial charge in [0, 0.05) is 18.8 Å². The summed E-state index contributed by atoms with van der Waals surface area (Å²) in [4.78, 5) is 3.86. The Bertz CT molecular complexity index is 636. The van der Waals surface area contributed by atoms with Gasteiger partial charge in [0.15, 0.2) is 5.69 Å². The Morgan fingerprint density at radius 1 is 1.40 bits per heavy atom. The zero-order chi connectivity index (χ0) is 14.9. The minimum absolute atomic E-state index is 0.00986. The summed E-state index contributed by atoms with van der Waals surface area (Å²) in [5.74, 6) is 0.619. The standard InChI is InChI=1S/C14H19N3O2S/c1-10-7-11(2)12(3)17(9-10)20(18,19)14-5-4-6-16-13(14)8-15/h4-6,10-12H,7,9H2,1-3H3. The number of hydrogen-bond acceptors (Lipinski definition) is 4. The smallest absolute Gasteiger partial charge is 0.244 e. The largest absolute Gasteiger partial charge is 0.246 e. The fourth-order valence-electron chi connectivity index (χ4n) is 2.79. The van der Waals surface area contributed by atoms with E-state index in [0.29, 0.717) is 18.4 Å². The van der Waals surface area contributed by atoms with Crippen LogP contribution in [-0.4, -0.2) is 30.3 Å². The van der Waals surface area contributed by atoms with Crippen molar-refractivity contribution in [2.45, 2.75) is 38.1 Å².